The molecule has 0 saturated heterocycles. The van der Waals surface area contributed by atoms with Gasteiger partial charge in [-0.1, -0.05) is 6.07 Å². The first-order chi connectivity index (χ1) is 13.7. The number of halogens is 1. The van der Waals surface area contributed by atoms with Crippen molar-refractivity contribution < 1.29 is 18.7 Å². The van der Waals surface area contributed by atoms with Crippen LogP contribution in [-0.4, -0.2) is 24.6 Å². The number of aryl methyl sites for hydroxylation is 1. The van der Waals surface area contributed by atoms with Crippen LogP contribution in [0.5, 0.6) is 5.75 Å². The maximum Gasteiger partial charge on any atom is 0.319 e. The number of carbonyl (C=O) groups excluding carboxylic acids is 2. The highest BCUT2D eigenvalue weighted by atomic mass is 19.1. The fourth-order valence-electron chi connectivity index (χ4n) is 3.99. The van der Waals surface area contributed by atoms with Gasteiger partial charge in [0.1, 0.15) is 17.2 Å². The van der Waals surface area contributed by atoms with Crippen molar-refractivity contribution in [3.63, 3.8) is 0 Å². The molecule has 0 radical (unpaired) electrons. The zero-order chi connectivity index (χ0) is 20.8. The first kappa shape index (κ1) is 19.2. The molecule has 0 fully saturated rings. The smallest absolute Gasteiger partial charge is 0.319 e. The van der Waals surface area contributed by atoms with Gasteiger partial charge in [-0.3, -0.25) is 4.79 Å². The van der Waals surface area contributed by atoms with Gasteiger partial charge in [-0.25, -0.2) is 9.18 Å². The zero-order valence-corrected chi connectivity index (χ0v) is 16.7. The number of ether oxygens (including phenoxy) is 1. The fraction of sp³-hybridized carbons (Fsp3) is 0.364. The molecule has 3 amide bonds. The quantitative estimate of drug-likeness (QED) is 0.799. The second-order valence-corrected chi connectivity index (χ2v) is 8.20. The lowest BCUT2D eigenvalue weighted by Gasteiger charge is -2.37. The topological polar surface area (TPSA) is 70.7 Å². The van der Waals surface area contributed by atoms with Crippen molar-refractivity contribution in [1.82, 2.24) is 5.32 Å². The van der Waals surface area contributed by atoms with Crippen LogP contribution in [-0.2, 0) is 11.2 Å². The van der Waals surface area contributed by atoms with Crippen molar-refractivity contribution in [2.45, 2.75) is 44.8 Å². The van der Waals surface area contributed by atoms with E-state index in [4.69, 9.17) is 4.74 Å². The highest BCUT2D eigenvalue weighted by Crippen LogP contribution is 2.39. The molecular weight excluding hydrogens is 373 g/mol. The number of benzene rings is 2. The van der Waals surface area contributed by atoms with Gasteiger partial charge >= 0.3 is 6.03 Å². The maximum atomic E-state index is 13.8. The number of hydrogen-bond donors (Lipinski definition) is 2. The van der Waals surface area contributed by atoms with Gasteiger partial charge in [0.2, 0.25) is 5.91 Å². The number of nitrogens with one attached hydrogen (secondary N) is 2. The summed E-state index contributed by atoms with van der Waals surface area (Å²) in [6.45, 7) is 3.87. The Morgan fingerprint density at radius 2 is 2.00 bits per heavy atom. The van der Waals surface area contributed by atoms with E-state index in [-0.39, 0.29) is 17.8 Å². The number of amides is 3. The Kier molecular flexibility index (Phi) is 4.68. The van der Waals surface area contributed by atoms with Gasteiger partial charge in [-0.15, -0.1) is 0 Å². The van der Waals surface area contributed by atoms with Crippen LogP contribution < -0.4 is 20.3 Å². The molecule has 7 heteroatoms. The van der Waals surface area contributed by atoms with E-state index in [1.807, 2.05) is 26.0 Å². The van der Waals surface area contributed by atoms with E-state index >= 15 is 0 Å². The maximum absolute atomic E-state index is 13.8. The van der Waals surface area contributed by atoms with Crippen LogP contribution in [0.4, 0.5) is 20.6 Å². The van der Waals surface area contributed by atoms with Crippen molar-refractivity contribution in [2.24, 2.45) is 0 Å². The highest BCUT2D eigenvalue weighted by Gasteiger charge is 2.35. The van der Waals surface area contributed by atoms with Crippen molar-refractivity contribution in [3.8, 4) is 5.75 Å². The van der Waals surface area contributed by atoms with Gasteiger partial charge in [0.25, 0.3) is 0 Å². The third-order valence-electron chi connectivity index (χ3n) is 5.42. The Morgan fingerprint density at radius 1 is 1.21 bits per heavy atom. The van der Waals surface area contributed by atoms with Crippen molar-refractivity contribution in [2.75, 3.05) is 17.3 Å². The van der Waals surface area contributed by atoms with Crippen LogP contribution in [0.1, 0.15) is 43.9 Å². The number of fused-ring (bicyclic) bond motifs is 2. The van der Waals surface area contributed by atoms with Gasteiger partial charge in [0.05, 0.1) is 6.04 Å². The Labute approximate surface area is 169 Å². The first-order valence-electron chi connectivity index (χ1n) is 9.67. The molecule has 2 N–H and O–H groups in total. The van der Waals surface area contributed by atoms with Crippen LogP contribution in [0.25, 0.3) is 0 Å². The second-order valence-electron chi connectivity index (χ2n) is 8.20. The van der Waals surface area contributed by atoms with Gasteiger partial charge in [-0.2, -0.15) is 0 Å². The second kappa shape index (κ2) is 7.06. The summed E-state index contributed by atoms with van der Waals surface area (Å²) in [4.78, 5) is 26.2. The molecule has 4 rings (SSSR count). The Hall–Kier alpha value is -3.09. The molecular formula is C22H24FN3O3. The van der Waals surface area contributed by atoms with Crippen LogP contribution in [0.15, 0.2) is 36.4 Å². The normalized spacial score (nSPS) is 19.7. The molecule has 0 bridgehead atoms. The van der Waals surface area contributed by atoms with Gasteiger partial charge in [0.15, 0.2) is 0 Å². The molecule has 152 valence electrons. The molecule has 0 aromatic heterocycles. The Bertz CT molecular complexity index is 989. The average molecular weight is 397 g/mol. The van der Waals surface area contributed by atoms with Gasteiger partial charge < -0.3 is 20.3 Å². The minimum atomic E-state index is -0.488. The summed E-state index contributed by atoms with van der Waals surface area (Å²) in [6, 6.07) is 9.11. The molecule has 2 aromatic rings. The molecule has 6 nitrogen and oxygen atoms in total. The van der Waals surface area contributed by atoms with E-state index in [2.05, 4.69) is 10.6 Å². The first-order valence-corrected chi connectivity index (χ1v) is 9.67. The molecule has 2 aromatic carbocycles. The predicted molar refractivity (Wildman–Crippen MR) is 109 cm³/mol. The number of urea groups is 1. The van der Waals surface area contributed by atoms with E-state index in [9.17, 15) is 14.0 Å². The van der Waals surface area contributed by atoms with Crippen molar-refractivity contribution in [3.05, 3.63) is 53.3 Å². The zero-order valence-electron chi connectivity index (χ0n) is 16.7. The summed E-state index contributed by atoms with van der Waals surface area (Å²) in [5.74, 6) is 0.255. The lowest BCUT2D eigenvalue weighted by molar-refractivity contribution is -0.118. The molecule has 0 aliphatic carbocycles. The van der Waals surface area contributed by atoms with Crippen LogP contribution in [0, 0.1) is 5.82 Å². The number of carbonyl (C=O) groups is 2. The fourth-order valence-corrected chi connectivity index (χ4v) is 3.99. The Morgan fingerprint density at radius 3 is 2.79 bits per heavy atom. The molecule has 29 heavy (non-hydrogen) atoms. The molecule has 0 saturated carbocycles. The SMILES string of the molecule is CN1C(=O)CCc2ccc(NC(=O)N[C@H]3CC(C)(C)Oc4ccc(F)cc43)cc21. The number of rotatable bonds is 2. The third kappa shape index (κ3) is 3.90. The van der Waals surface area contributed by atoms with E-state index in [0.717, 1.165) is 11.3 Å². The van der Waals surface area contributed by atoms with Crippen LogP contribution in [0.2, 0.25) is 0 Å². The average Bonchev–Trinajstić information content (AvgIpc) is 2.65. The van der Waals surface area contributed by atoms with Crippen LogP contribution >= 0.6 is 0 Å². The third-order valence-corrected chi connectivity index (χ3v) is 5.42. The molecule has 2 heterocycles. The molecule has 0 unspecified atom stereocenters. The standard InChI is InChI=1S/C22H24FN3O3/c1-22(2)12-17(16-10-14(23)6-8-19(16)29-22)25-21(28)24-15-7-4-13-5-9-20(27)26(3)18(13)11-15/h4,6-8,10-11,17H,5,9,12H2,1-3H3,(H2,24,25,28)/t17-/m0/s1. The summed E-state index contributed by atoms with van der Waals surface area (Å²) in [5, 5.41) is 5.75. The van der Waals surface area contributed by atoms with Gasteiger partial charge in [0, 0.05) is 36.8 Å². The van der Waals surface area contributed by atoms with Gasteiger partial charge in [-0.05, 0) is 56.2 Å². The lowest BCUT2D eigenvalue weighted by atomic mass is 9.89. The van der Waals surface area contributed by atoms with E-state index in [1.165, 1.54) is 12.1 Å². The Balaban J connectivity index is 1.52. The molecule has 2 aliphatic rings. The van der Waals surface area contributed by atoms with Crippen molar-refractivity contribution >= 4 is 23.3 Å². The minimum absolute atomic E-state index is 0.0576. The van der Waals surface area contributed by atoms with Crippen LogP contribution in [0.3, 0.4) is 0 Å². The summed E-state index contributed by atoms with van der Waals surface area (Å²) >= 11 is 0. The van der Waals surface area contributed by atoms with E-state index < -0.39 is 11.6 Å². The van der Waals surface area contributed by atoms with E-state index in [1.54, 1.807) is 24.1 Å². The largest absolute Gasteiger partial charge is 0.487 e. The summed E-state index contributed by atoms with van der Waals surface area (Å²) in [6.07, 6.45) is 1.70. The van der Waals surface area contributed by atoms with E-state index in [0.29, 0.717) is 36.3 Å². The summed E-state index contributed by atoms with van der Waals surface area (Å²) in [5.41, 5.74) is 2.61. The summed E-state index contributed by atoms with van der Waals surface area (Å²) in [7, 11) is 1.74. The number of nitrogens with zero attached hydrogens (tertiary/aromatic N) is 1. The molecule has 0 spiro atoms. The summed E-state index contributed by atoms with van der Waals surface area (Å²) < 4.78 is 19.7. The molecule has 2 aliphatic heterocycles. The highest BCUT2D eigenvalue weighted by molar-refractivity contribution is 5.97. The number of hydrogen-bond acceptors (Lipinski definition) is 3. The number of anilines is 2. The molecule has 1 atom stereocenters. The van der Waals surface area contributed by atoms with Crippen molar-refractivity contribution in [1.29, 1.82) is 0 Å². The lowest BCUT2D eigenvalue weighted by Crippen LogP contribution is -2.42. The minimum Gasteiger partial charge on any atom is -0.487 e. The predicted octanol–water partition coefficient (Wildman–Crippen LogP) is 4.16. The monoisotopic (exact) mass is 397 g/mol.